The first-order valence-electron chi connectivity index (χ1n) is 8.97. The number of likely N-dealkylation sites (tertiary alicyclic amines) is 1. The third kappa shape index (κ3) is 2.71. The van der Waals surface area contributed by atoms with Crippen molar-refractivity contribution < 1.29 is 14.4 Å². The van der Waals surface area contributed by atoms with Gasteiger partial charge in [-0.2, -0.15) is 0 Å². The molecule has 2 aliphatic heterocycles. The second-order valence-electron chi connectivity index (χ2n) is 7.33. The minimum absolute atomic E-state index is 0.0739. The lowest BCUT2D eigenvalue weighted by Gasteiger charge is -2.30. The molecule has 3 heterocycles. The number of amides is 3. The van der Waals surface area contributed by atoms with Gasteiger partial charge in [0.05, 0.1) is 12.5 Å². The summed E-state index contributed by atoms with van der Waals surface area (Å²) in [7, 11) is 3.48. The van der Waals surface area contributed by atoms with Crippen molar-refractivity contribution in [2.75, 3.05) is 20.1 Å². The quantitative estimate of drug-likeness (QED) is 0.856. The average molecular weight is 344 g/mol. The Balaban J connectivity index is 1.48. The zero-order valence-electron chi connectivity index (χ0n) is 14.7. The summed E-state index contributed by atoms with van der Waals surface area (Å²) in [5.41, 5.74) is 2.77. The third-order valence-electron chi connectivity index (χ3n) is 5.71. The van der Waals surface area contributed by atoms with Gasteiger partial charge < -0.3 is 19.7 Å². The summed E-state index contributed by atoms with van der Waals surface area (Å²) in [4.78, 5) is 40.7. The molecule has 25 heavy (non-hydrogen) atoms. The van der Waals surface area contributed by atoms with Crippen LogP contribution in [0.25, 0.3) is 0 Å². The topological polar surface area (TPSA) is 74.6 Å². The van der Waals surface area contributed by atoms with Crippen LogP contribution in [0.3, 0.4) is 0 Å². The molecule has 0 unspecified atom stereocenters. The Bertz CT molecular complexity index is 750. The van der Waals surface area contributed by atoms with Crippen molar-refractivity contribution in [3.05, 3.63) is 23.0 Å². The zero-order valence-corrected chi connectivity index (χ0v) is 14.7. The van der Waals surface area contributed by atoms with Crippen LogP contribution < -0.4 is 5.32 Å². The van der Waals surface area contributed by atoms with Crippen LogP contribution in [-0.4, -0.2) is 58.3 Å². The maximum atomic E-state index is 12.9. The lowest BCUT2D eigenvalue weighted by Crippen LogP contribution is -2.41. The summed E-state index contributed by atoms with van der Waals surface area (Å²) in [6, 6.07) is 2.30. The zero-order chi connectivity index (χ0) is 17.7. The van der Waals surface area contributed by atoms with E-state index in [-0.39, 0.29) is 23.6 Å². The van der Waals surface area contributed by atoms with Crippen LogP contribution in [0.2, 0.25) is 0 Å². The summed E-state index contributed by atoms with van der Waals surface area (Å²) >= 11 is 0. The molecule has 1 saturated carbocycles. The van der Waals surface area contributed by atoms with Crippen LogP contribution in [0, 0.1) is 5.92 Å². The van der Waals surface area contributed by atoms with E-state index in [0.29, 0.717) is 37.8 Å². The fourth-order valence-electron chi connectivity index (χ4n) is 4.07. The Morgan fingerprint density at radius 3 is 2.72 bits per heavy atom. The second-order valence-corrected chi connectivity index (χ2v) is 7.33. The van der Waals surface area contributed by atoms with Crippen LogP contribution in [-0.2, 0) is 29.6 Å². The lowest BCUT2D eigenvalue weighted by atomic mass is 10.0. The Morgan fingerprint density at radius 1 is 1.28 bits per heavy atom. The molecule has 2 fully saturated rings. The van der Waals surface area contributed by atoms with E-state index in [9.17, 15) is 14.4 Å². The van der Waals surface area contributed by atoms with E-state index in [4.69, 9.17) is 0 Å². The van der Waals surface area contributed by atoms with E-state index < -0.39 is 0 Å². The van der Waals surface area contributed by atoms with Gasteiger partial charge >= 0.3 is 0 Å². The number of nitrogens with one attached hydrogen (secondary N) is 1. The fraction of sp³-hybridized carbons (Fsp3) is 0.611. The maximum Gasteiger partial charge on any atom is 0.267 e. The van der Waals surface area contributed by atoms with Crippen molar-refractivity contribution in [3.63, 3.8) is 0 Å². The molecule has 1 N–H and O–H groups in total. The van der Waals surface area contributed by atoms with Gasteiger partial charge in [0.2, 0.25) is 11.8 Å². The Labute approximate surface area is 146 Å². The van der Waals surface area contributed by atoms with Gasteiger partial charge in [-0.1, -0.05) is 0 Å². The van der Waals surface area contributed by atoms with E-state index in [1.807, 2.05) is 27.5 Å². The molecule has 7 nitrogen and oxygen atoms in total. The van der Waals surface area contributed by atoms with Crippen molar-refractivity contribution in [3.8, 4) is 0 Å². The summed E-state index contributed by atoms with van der Waals surface area (Å²) in [5.74, 6) is -0.131. The van der Waals surface area contributed by atoms with Crippen LogP contribution in [0.1, 0.15) is 41.0 Å². The van der Waals surface area contributed by atoms with E-state index in [1.54, 1.807) is 7.05 Å². The molecule has 0 spiro atoms. The van der Waals surface area contributed by atoms with Gasteiger partial charge in [0.25, 0.3) is 5.91 Å². The smallest absolute Gasteiger partial charge is 0.267 e. The number of fused-ring (bicyclic) bond motifs is 1. The number of aromatic nitrogens is 1. The third-order valence-corrected chi connectivity index (χ3v) is 5.71. The average Bonchev–Trinajstić information content (AvgIpc) is 3.31. The molecule has 1 aliphatic carbocycles. The second kappa shape index (κ2) is 5.89. The van der Waals surface area contributed by atoms with Gasteiger partial charge in [-0.05, 0) is 30.9 Å². The maximum absolute atomic E-state index is 12.9. The number of carbonyl (C=O) groups excluding carboxylic acids is 3. The van der Waals surface area contributed by atoms with Crippen molar-refractivity contribution in [1.29, 1.82) is 0 Å². The lowest BCUT2D eigenvalue weighted by molar-refractivity contribution is -0.136. The first-order valence-corrected chi connectivity index (χ1v) is 8.97. The summed E-state index contributed by atoms with van der Waals surface area (Å²) < 4.78 is 1.88. The van der Waals surface area contributed by atoms with Gasteiger partial charge in [0.1, 0.15) is 5.69 Å². The first-order chi connectivity index (χ1) is 12.0. The van der Waals surface area contributed by atoms with Gasteiger partial charge in [0, 0.05) is 45.3 Å². The first kappa shape index (κ1) is 16.2. The molecule has 3 aliphatic rings. The van der Waals surface area contributed by atoms with Crippen molar-refractivity contribution >= 4 is 17.7 Å². The number of hydrogen-bond donors (Lipinski definition) is 1. The fourth-order valence-corrected chi connectivity index (χ4v) is 4.07. The molecule has 0 aromatic carbocycles. The highest BCUT2D eigenvalue weighted by Gasteiger charge is 2.43. The molecule has 1 aromatic heterocycles. The Kier molecular flexibility index (Phi) is 3.81. The molecule has 4 rings (SSSR count). The van der Waals surface area contributed by atoms with Gasteiger partial charge in [-0.15, -0.1) is 0 Å². The van der Waals surface area contributed by atoms with Crippen molar-refractivity contribution in [2.45, 2.75) is 38.3 Å². The molecule has 1 atom stereocenters. The van der Waals surface area contributed by atoms with Gasteiger partial charge in [-0.3, -0.25) is 14.4 Å². The molecule has 0 bridgehead atoms. The molecule has 0 radical (unpaired) electrons. The van der Waals surface area contributed by atoms with E-state index >= 15 is 0 Å². The largest absolute Gasteiger partial charge is 0.354 e. The predicted molar refractivity (Wildman–Crippen MR) is 90.8 cm³/mol. The van der Waals surface area contributed by atoms with Gasteiger partial charge in [0.15, 0.2) is 0 Å². The molecule has 3 amide bonds. The van der Waals surface area contributed by atoms with E-state index in [1.165, 1.54) is 0 Å². The summed E-state index contributed by atoms with van der Waals surface area (Å²) in [6.07, 6.45) is 3.24. The minimum atomic E-state index is -0.215. The standard InChI is InChI=1S/C18H24N4O3/c1-19-17(24)14-7-11-5-6-21(10-15(11)20(14)2)18(25)12-8-16(23)22(9-12)13-3-4-13/h7,12-13H,3-6,8-10H2,1-2H3,(H,19,24)/t12-/m1/s1. The summed E-state index contributed by atoms with van der Waals surface area (Å²) in [5, 5.41) is 2.65. The molecule has 1 aromatic rings. The Hall–Kier alpha value is -2.31. The number of rotatable bonds is 3. The van der Waals surface area contributed by atoms with Crippen LogP contribution in [0.15, 0.2) is 6.07 Å². The summed E-state index contributed by atoms with van der Waals surface area (Å²) in [6.45, 7) is 1.73. The SMILES string of the molecule is CNC(=O)c1cc2c(n1C)CN(C(=O)[C@@H]1CC(=O)N(C3CC3)C1)CC2. The normalized spacial score (nSPS) is 23.0. The van der Waals surface area contributed by atoms with Crippen molar-refractivity contribution in [2.24, 2.45) is 13.0 Å². The number of carbonyl (C=O) groups is 3. The van der Waals surface area contributed by atoms with Crippen LogP contribution >= 0.6 is 0 Å². The van der Waals surface area contributed by atoms with E-state index in [2.05, 4.69) is 5.32 Å². The molecule has 1 saturated heterocycles. The molecule has 7 heteroatoms. The Morgan fingerprint density at radius 2 is 2.04 bits per heavy atom. The monoisotopic (exact) mass is 344 g/mol. The predicted octanol–water partition coefficient (Wildman–Crippen LogP) is 0.280. The highest BCUT2D eigenvalue weighted by atomic mass is 16.2. The van der Waals surface area contributed by atoms with E-state index in [0.717, 1.165) is 30.5 Å². The highest BCUT2D eigenvalue weighted by molar-refractivity contribution is 5.93. The van der Waals surface area contributed by atoms with Crippen molar-refractivity contribution in [1.82, 2.24) is 19.7 Å². The van der Waals surface area contributed by atoms with Gasteiger partial charge in [-0.25, -0.2) is 0 Å². The van der Waals surface area contributed by atoms with Crippen LogP contribution in [0.4, 0.5) is 0 Å². The molecular weight excluding hydrogens is 320 g/mol. The number of hydrogen-bond acceptors (Lipinski definition) is 3. The number of nitrogens with zero attached hydrogens (tertiary/aromatic N) is 3. The van der Waals surface area contributed by atoms with Crippen LogP contribution in [0.5, 0.6) is 0 Å². The molecule has 134 valence electrons. The molecular formula is C18H24N4O3. The highest BCUT2D eigenvalue weighted by Crippen LogP contribution is 2.34. The minimum Gasteiger partial charge on any atom is -0.354 e.